The average Bonchev–Trinajstić information content (AvgIpc) is 3.13. The summed E-state index contributed by atoms with van der Waals surface area (Å²) in [5.74, 6) is -2.48. The van der Waals surface area contributed by atoms with E-state index < -0.39 is 65.9 Å². The highest BCUT2D eigenvalue weighted by Gasteiger charge is 2.39. The molecular weight excluding hydrogens is 666 g/mol. The summed E-state index contributed by atoms with van der Waals surface area (Å²) in [5.41, 5.74) is 11.6. The second-order valence-electron chi connectivity index (χ2n) is 15.9. The Kier molecular flexibility index (Phi) is 18.8. The third-order valence-electron chi connectivity index (χ3n) is 11.0. The van der Waals surface area contributed by atoms with Crippen molar-refractivity contribution in [3.63, 3.8) is 0 Å². The first-order valence-corrected chi connectivity index (χ1v) is 19.9. The van der Waals surface area contributed by atoms with Crippen LogP contribution in [0.15, 0.2) is 0 Å². The molecule has 0 spiro atoms. The van der Waals surface area contributed by atoms with Crippen molar-refractivity contribution in [1.82, 2.24) is 26.2 Å². The van der Waals surface area contributed by atoms with Gasteiger partial charge in [-0.05, 0) is 63.3 Å². The van der Waals surface area contributed by atoms with Gasteiger partial charge >= 0.3 is 0 Å². The number of rotatable bonds is 11. The molecule has 7 atom stereocenters. The lowest BCUT2D eigenvalue weighted by Crippen LogP contribution is -2.62. The van der Waals surface area contributed by atoms with E-state index >= 15 is 0 Å². The number of amides is 5. The van der Waals surface area contributed by atoms with Crippen molar-refractivity contribution in [1.29, 1.82) is 0 Å². The smallest absolute Gasteiger partial charge is 0.245 e. The minimum Gasteiger partial charge on any atom is -0.379 e. The first kappa shape index (κ1) is 43.6. The summed E-state index contributed by atoms with van der Waals surface area (Å²) in [7, 11) is 1.66. The molecule has 1 saturated heterocycles. The first-order valence-electron chi connectivity index (χ1n) is 19.9. The van der Waals surface area contributed by atoms with E-state index in [0.717, 1.165) is 57.8 Å². The highest BCUT2D eigenvalue weighted by Crippen LogP contribution is 2.31. The molecular formula is C38H69N7O7. The summed E-state index contributed by atoms with van der Waals surface area (Å²) in [6, 6.07) is -4.48. The molecule has 298 valence electrons. The summed E-state index contributed by atoms with van der Waals surface area (Å²) in [5, 5.41) is 11.5. The van der Waals surface area contributed by atoms with Crippen LogP contribution in [0.4, 0.5) is 0 Å². The Balaban J connectivity index is 2.01. The molecule has 0 bridgehead atoms. The fraction of sp³-hybridized carbons (Fsp3) is 0.868. The van der Waals surface area contributed by atoms with Crippen LogP contribution < -0.4 is 32.7 Å². The van der Waals surface area contributed by atoms with E-state index in [0.29, 0.717) is 38.3 Å². The highest BCUT2D eigenvalue weighted by molar-refractivity contribution is 5.96. The number of nitrogens with zero attached hydrogens (tertiary/aromatic N) is 1. The van der Waals surface area contributed by atoms with Crippen LogP contribution in [-0.2, 0) is 33.4 Å². The van der Waals surface area contributed by atoms with Gasteiger partial charge in [0.05, 0.1) is 25.2 Å². The Hall–Kier alpha value is -2.81. The Labute approximate surface area is 311 Å². The summed E-state index contributed by atoms with van der Waals surface area (Å²) in [6.45, 7) is 8.17. The highest BCUT2D eigenvalue weighted by atomic mass is 16.5. The normalized spacial score (nSPS) is 30.5. The molecule has 3 aliphatic rings. The molecule has 1 heterocycles. The average molecular weight is 736 g/mol. The SMILES string of the molecule is CC(C)C[C@H]1C(=O)N[C@@H](C2CCCCC2)C(=O)N[C@@H](CN)C(=O)N[C@@H](COCCCN)C(=O)N[C@H](C)CO[C@H](CC2CCCCC2)[C@@H](C)C(=O)N1C. The Morgan fingerprint density at radius 1 is 0.808 bits per heavy atom. The van der Waals surface area contributed by atoms with Crippen LogP contribution in [0, 0.1) is 23.7 Å². The number of hydrogen-bond donors (Lipinski definition) is 6. The summed E-state index contributed by atoms with van der Waals surface area (Å²) in [6.07, 6.45) is 11.2. The quantitative estimate of drug-likeness (QED) is 0.171. The van der Waals surface area contributed by atoms with Gasteiger partial charge in [-0.25, -0.2) is 0 Å². The Bertz CT molecular complexity index is 1140. The number of carbonyl (C=O) groups is 5. The van der Waals surface area contributed by atoms with Crippen molar-refractivity contribution < 1.29 is 33.4 Å². The number of likely N-dealkylation sites (N-methyl/N-ethyl adjacent to an activating group) is 1. The predicted octanol–water partition coefficient (Wildman–Crippen LogP) is 1.73. The van der Waals surface area contributed by atoms with Crippen LogP contribution in [0.3, 0.4) is 0 Å². The van der Waals surface area contributed by atoms with E-state index in [9.17, 15) is 24.0 Å². The van der Waals surface area contributed by atoms with Gasteiger partial charge in [0.25, 0.3) is 0 Å². The molecule has 52 heavy (non-hydrogen) atoms. The maximum absolute atomic E-state index is 14.3. The Morgan fingerprint density at radius 2 is 1.42 bits per heavy atom. The molecule has 2 saturated carbocycles. The lowest BCUT2D eigenvalue weighted by molar-refractivity contribution is -0.148. The molecule has 0 radical (unpaired) electrons. The number of nitrogens with one attached hydrogen (secondary N) is 4. The van der Waals surface area contributed by atoms with Gasteiger partial charge in [-0.2, -0.15) is 0 Å². The standard InChI is InChI=1S/C38H69N7O7/c1-24(2)19-31-36(48)44-33(28-15-10-7-11-16-28)37(49)42-29(21-40)34(46)43-30(23-51-18-12-17-39)35(47)41-25(3)22-52-32(26(4)38(50)45(31)5)20-27-13-8-6-9-14-27/h24-33H,6-23,39-40H2,1-5H3,(H,41,47)(H,42,49)(H,43,46)(H,44,48)/t25-,26-,29+,30+,31+,32-,33+/m1/s1. The zero-order chi connectivity index (χ0) is 38.2. The predicted molar refractivity (Wildman–Crippen MR) is 200 cm³/mol. The monoisotopic (exact) mass is 736 g/mol. The van der Waals surface area contributed by atoms with Crippen molar-refractivity contribution in [2.75, 3.05) is 40.0 Å². The number of ether oxygens (including phenoxy) is 2. The molecule has 14 nitrogen and oxygen atoms in total. The summed E-state index contributed by atoms with van der Waals surface area (Å²) >= 11 is 0. The second-order valence-corrected chi connectivity index (χ2v) is 15.9. The zero-order valence-corrected chi connectivity index (χ0v) is 32.5. The second kappa shape index (κ2) is 22.4. The maximum atomic E-state index is 14.3. The van der Waals surface area contributed by atoms with E-state index in [4.69, 9.17) is 20.9 Å². The molecule has 0 aromatic rings. The molecule has 5 amide bonds. The van der Waals surface area contributed by atoms with Gasteiger partial charge in [0.15, 0.2) is 0 Å². The van der Waals surface area contributed by atoms with E-state index in [1.165, 1.54) is 11.3 Å². The molecule has 8 N–H and O–H groups in total. The van der Waals surface area contributed by atoms with Gasteiger partial charge in [0, 0.05) is 26.2 Å². The van der Waals surface area contributed by atoms with E-state index in [1.54, 1.807) is 7.05 Å². The Morgan fingerprint density at radius 3 is 2.04 bits per heavy atom. The zero-order valence-electron chi connectivity index (χ0n) is 32.5. The van der Waals surface area contributed by atoms with Crippen molar-refractivity contribution >= 4 is 29.5 Å². The topological polar surface area (TPSA) is 207 Å². The van der Waals surface area contributed by atoms with Crippen LogP contribution in [0.1, 0.15) is 111 Å². The fourth-order valence-electron chi connectivity index (χ4n) is 7.79. The largest absolute Gasteiger partial charge is 0.379 e. The van der Waals surface area contributed by atoms with Gasteiger partial charge in [0.2, 0.25) is 29.5 Å². The van der Waals surface area contributed by atoms with Gasteiger partial charge in [0.1, 0.15) is 24.2 Å². The third-order valence-corrected chi connectivity index (χ3v) is 11.0. The van der Waals surface area contributed by atoms with Gasteiger partial charge in [-0.1, -0.05) is 72.1 Å². The van der Waals surface area contributed by atoms with Crippen LogP contribution >= 0.6 is 0 Å². The molecule has 2 aliphatic carbocycles. The van der Waals surface area contributed by atoms with E-state index in [-0.39, 0.29) is 37.5 Å². The summed E-state index contributed by atoms with van der Waals surface area (Å²) in [4.78, 5) is 71.3. The van der Waals surface area contributed by atoms with Crippen molar-refractivity contribution in [2.45, 2.75) is 147 Å². The van der Waals surface area contributed by atoms with E-state index in [2.05, 4.69) is 21.3 Å². The number of nitrogens with two attached hydrogens (primary N) is 2. The third kappa shape index (κ3) is 13.6. The molecule has 3 rings (SSSR count). The van der Waals surface area contributed by atoms with Gasteiger partial charge in [-0.15, -0.1) is 0 Å². The maximum Gasteiger partial charge on any atom is 0.245 e. The molecule has 0 aromatic carbocycles. The van der Waals surface area contributed by atoms with E-state index in [1.807, 2.05) is 27.7 Å². The van der Waals surface area contributed by atoms with Crippen molar-refractivity contribution in [3.8, 4) is 0 Å². The van der Waals surface area contributed by atoms with Gasteiger partial charge < -0.3 is 47.1 Å². The van der Waals surface area contributed by atoms with Gasteiger partial charge in [-0.3, -0.25) is 24.0 Å². The lowest BCUT2D eigenvalue weighted by Gasteiger charge is -2.36. The first-order chi connectivity index (χ1) is 24.9. The minimum atomic E-state index is -1.17. The molecule has 0 aromatic heterocycles. The van der Waals surface area contributed by atoms with Crippen LogP contribution in [0.5, 0.6) is 0 Å². The van der Waals surface area contributed by atoms with Crippen LogP contribution in [0.25, 0.3) is 0 Å². The lowest BCUT2D eigenvalue weighted by atomic mass is 9.82. The van der Waals surface area contributed by atoms with Crippen LogP contribution in [0.2, 0.25) is 0 Å². The molecule has 14 heteroatoms. The summed E-state index contributed by atoms with van der Waals surface area (Å²) < 4.78 is 12.2. The number of carbonyl (C=O) groups excluding carboxylic acids is 5. The fourth-order valence-corrected chi connectivity index (χ4v) is 7.79. The minimum absolute atomic E-state index is 0.0844. The van der Waals surface area contributed by atoms with Crippen LogP contribution in [-0.4, -0.2) is 111 Å². The van der Waals surface area contributed by atoms with Crippen molar-refractivity contribution in [3.05, 3.63) is 0 Å². The molecule has 3 fully saturated rings. The number of hydrogen-bond acceptors (Lipinski definition) is 9. The van der Waals surface area contributed by atoms with Crippen molar-refractivity contribution in [2.24, 2.45) is 35.1 Å². The molecule has 0 unspecified atom stereocenters. The molecule has 1 aliphatic heterocycles.